The number of rotatable bonds is 12. The van der Waals surface area contributed by atoms with Crippen molar-refractivity contribution in [2.45, 2.75) is 91.5 Å². The largest absolute Gasteiger partial charge is 0.444 e. The zero-order chi connectivity index (χ0) is 40.3. The molecule has 1 aliphatic rings. The molecule has 2 unspecified atom stereocenters. The van der Waals surface area contributed by atoms with E-state index in [4.69, 9.17) is 14.2 Å². The van der Waals surface area contributed by atoms with E-state index < -0.39 is 41.2 Å². The molecule has 4 rings (SSSR count). The lowest BCUT2D eigenvalue weighted by atomic mass is 10.0. The number of hydrogen-bond acceptors (Lipinski definition) is 8. The van der Waals surface area contributed by atoms with Gasteiger partial charge in [-0.05, 0) is 101 Å². The molecule has 3 aromatic rings. The lowest BCUT2D eigenvalue weighted by molar-refractivity contribution is -0.122. The van der Waals surface area contributed by atoms with Crippen molar-refractivity contribution in [3.05, 3.63) is 95.6 Å². The second-order valence-electron chi connectivity index (χ2n) is 16.0. The second kappa shape index (κ2) is 18.9. The summed E-state index contributed by atoms with van der Waals surface area (Å²) in [5, 5.41) is 8.51. The first-order chi connectivity index (χ1) is 25.9. The third-order valence-corrected chi connectivity index (χ3v) is 8.66. The number of hydrogen-bond donors (Lipinski definition) is 3. The van der Waals surface area contributed by atoms with Crippen molar-refractivity contribution in [1.82, 2.24) is 9.80 Å². The van der Waals surface area contributed by atoms with E-state index in [1.165, 1.54) is 11.0 Å². The summed E-state index contributed by atoms with van der Waals surface area (Å²) in [6.07, 6.45) is 1.77. The fraction of sp³-hybridized carbons (Fsp3) is 0.442. The van der Waals surface area contributed by atoms with Crippen molar-refractivity contribution in [2.24, 2.45) is 0 Å². The normalized spacial score (nSPS) is 14.9. The number of morpholine rings is 1. The van der Waals surface area contributed by atoms with Crippen LogP contribution in [0, 0.1) is 0 Å². The predicted molar refractivity (Wildman–Crippen MR) is 217 cm³/mol. The molecule has 3 N–H and O–H groups in total. The van der Waals surface area contributed by atoms with Crippen LogP contribution < -0.4 is 16.0 Å². The average molecular weight is 756 g/mol. The lowest BCUT2D eigenvalue weighted by Gasteiger charge is -2.38. The Kier molecular flexibility index (Phi) is 14.6. The quantitative estimate of drug-likeness (QED) is 0.157. The summed E-state index contributed by atoms with van der Waals surface area (Å²) in [4.78, 5) is 57.5. The Morgan fingerprint density at radius 3 is 1.89 bits per heavy atom. The molecule has 0 aliphatic carbocycles. The molecule has 3 aromatic carbocycles. The topological polar surface area (TPSA) is 139 Å². The van der Waals surface area contributed by atoms with Gasteiger partial charge in [0.05, 0.1) is 24.6 Å². The molecule has 12 heteroatoms. The second-order valence-corrected chi connectivity index (χ2v) is 16.0. The number of carbonyl (C=O) groups is 4. The molecule has 296 valence electrons. The molecule has 1 aliphatic heterocycles. The van der Waals surface area contributed by atoms with Crippen LogP contribution >= 0.6 is 0 Å². The number of nitrogens with zero attached hydrogens (tertiary/aromatic N) is 2. The highest BCUT2D eigenvalue weighted by Crippen LogP contribution is 2.28. The van der Waals surface area contributed by atoms with Gasteiger partial charge in [0, 0.05) is 37.4 Å². The smallest absolute Gasteiger partial charge is 0.412 e. The van der Waals surface area contributed by atoms with Gasteiger partial charge in [-0.3, -0.25) is 24.7 Å². The van der Waals surface area contributed by atoms with Crippen LogP contribution in [0.15, 0.2) is 78.9 Å². The minimum atomic E-state index is -1.04. The molecular formula is C43H57N5O7. The molecule has 1 heterocycles. The van der Waals surface area contributed by atoms with E-state index in [0.29, 0.717) is 60.4 Å². The third kappa shape index (κ3) is 13.6. The summed E-state index contributed by atoms with van der Waals surface area (Å²) in [6.45, 7) is 19.8. The van der Waals surface area contributed by atoms with Crippen molar-refractivity contribution in [3.8, 4) is 0 Å². The van der Waals surface area contributed by atoms with Crippen molar-refractivity contribution in [3.63, 3.8) is 0 Å². The van der Waals surface area contributed by atoms with Crippen molar-refractivity contribution >= 4 is 47.1 Å². The Balaban J connectivity index is 1.60. The van der Waals surface area contributed by atoms with E-state index in [2.05, 4.69) is 34.7 Å². The average Bonchev–Trinajstić information content (AvgIpc) is 3.11. The summed E-state index contributed by atoms with van der Waals surface area (Å²) in [5.41, 5.74) is 2.32. The molecule has 55 heavy (non-hydrogen) atoms. The van der Waals surface area contributed by atoms with Crippen LogP contribution in [0.25, 0.3) is 6.08 Å². The number of carbonyl (C=O) groups excluding carboxylic acids is 4. The standard InChI is InChI=1S/C43H57N5O7/c1-29(2)32-19-21-34(22-20-32)44-39(50)38(48(41(52)55-43(7,8)9)28-30(3)47-24-26-53-27-25-47)33-17-14-31(15-18-33)16-23-37(49)45-35-12-10-11-13-36(35)46-40(51)54-42(4,5)6/h10-23,29-30,38H,24-28H2,1-9H3,(H,44,50)(H,45,49)(H,46,51). The monoisotopic (exact) mass is 755 g/mol. The highest BCUT2D eigenvalue weighted by Gasteiger charge is 2.36. The molecule has 2 atom stereocenters. The first kappa shape index (κ1) is 42.5. The Labute approximate surface area is 325 Å². The maximum Gasteiger partial charge on any atom is 0.412 e. The number of ether oxygens (including phenoxy) is 3. The van der Waals surface area contributed by atoms with Crippen molar-refractivity contribution in [1.29, 1.82) is 0 Å². The van der Waals surface area contributed by atoms with Crippen LogP contribution in [0.5, 0.6) is 0 Å². The lowest BCUT2D eigenvalue weighted by Crippen LogP contribution is -2.52. The number of amides is 4. The number of benzene rings is 3. The van der Waals surface area contributed by atoms with E-state index >= 15 is 0 Å². The van der Waals surface area contributed by atoms with Gasteiger partial charge in [-0.25, -0.2) is 9.59 Å². The van der Waals surface area contributed by atoms with Gasteiger partial charge in [0.2, 0.25) is 5.91 Å². The number of nitrogens with one attached hydrogen (secondary N) is 3. The Morgan fingerprint density at radius 1 is 0.764 bits per heavy atom. The zero-order valence-corrected chi connectivity index (χ0v) is 33.6. The molecule has 1 saturated heterocycles. The van der Waals surface area contributed by atoms with E-state index in [1.807, 2.05) is 31.2 Å². The Bertz CT molecular complexity index is 1790. The van der Waals surface area contributed by atoms with Gasteiger partial charge in [-0.15, -0.1) is 0 Å². The third-order valence-electron chi connectivity index (χ3n) is 8.66. The molecule has 0 aromatic heterocycles. The summed E-state index contributed by atoms with van der Waals surface area (Å²) in [7, 11) is 0. The van der Waals surface area contributed by atoms with E-state index in [1.54, 1.807) is 96.1 Å². The Hall–Kier alpha value is -5.20. The van der Waals surface area contributed by atoms with Crippen LogP contribution in [0.1, 0.15) is 91.0 Å². The van der Waals surface area contributed by atoms with Crippen molar-refractivity contribution < 1.29 is 33.4 Å². The first-order valence-electron chi connectivity index (χ1n) is 18.8. The van der Waals surface area contributed by atoms with Crippen LogP contribution in [0.4, 0.5) is 26.7 Å². The molecule has 0 saturated carbocycles. The number of para-hydroxylation sites is 2. The zero-order valence-electron chi connectivity index (χ0n) is 33.6. The molecule has 12 nitrogen and oxygen atoms in total. The van der Waals surface area contributed by atoms with Crippen molar-refractivity contribution in [2.75, 3.05) is 48.8 Å². The van der Waals surface area contributed by atoms with Crippen LogP contribution in [0.3, 0.4) is 0 Å². The summed E-state index contributed by atoms with van der Waals surface area (Å²) >= 11 is 0. The maximum absolute atomic E-state index is 14.3. The maximum atomic E-state index is 14.3. The van der Waals surface area contributed by atoms with Gasteiger partial charge in [-0.1, -0.05) is 62.4 Å². The van der Waals surface area contributed by atoms with E-state index in [-0.39, 0.29) is 12.6 Å². The summed E-state index contributed by atoms with van der Waals surface area (Å²) < 4.78 is 16.8. The fourth-order valence-electron chi connectivity index (χ4n) is 5.91. The highest BCUT2D eigenvalue weighted by molar-refractivity contribution is 6.05. The van der Waals surface area contributed by atoms with Crippen LogP contribution in [0.2, 0.25) is 0 Å². The van der Waals surface area contributed by atoms with Gasteiger partial charge in [-0.2, -0.15) is 0 Å². The van der Waals surface area contributed by atoms with Gasteiger partial charge in [0.15, 0.2) is 0 Å². The fourth-order valence-corrected chi connectivity index (χ4v) is 5.91. The molecule has 4 amide bonds. The van der Waals surface area contributed by atoms with Gasteiger partial charge < -0.3 is 24.8 Å². The minimum Gasteiger partial charge on any atom is -0.444 e. The highest BCUT2D eigenvalue weighted by atomic mass is 16.6. The number of anilines is 3. The molecule has 0 bridgehead atoms. The first-order valence-corrected chi connectivity index (χ1v) is 18.8. The van der Waals surface area contributed by atoms with Crippen LogP contribution in [-0.4, -0.2) is 83.9 Å². The van der Waals surface area contributed by atoms with E-state index in [0.717, 1.165) is 5.56 Å². The van der Waals surface area contributed by atoms with Crippen LogP contribution in [-0.2, 0) is 23.8 Å². The predicted octanol–water partition coefficient (Wildman–Crippen LogP) is 8.45. The van der Waals surface area contributed by atoms with Gasteiger partial charge in [0.25, 0.3) is 5.91 Å². The van der Waals surface area contributed by atoms with Gasteiger partial charge >= 0.3 is 12.2 Å². The minimum absolute atomic E-state index is 0.0952. The molecule has 0 spiro atoms. The van der Waals surface area contributed by atoms with Gasteiger partial charge in [0.1, 0.15) is 17.2 Å². The SMILES string of the molecule is CC(C)c1ccc(NC(=O)C(c2ccc(C=CC(=O)Nc3ccccc3NC(=O)OC(C)(C)C)cc2)N(CC(C)N2CCOCC2)C(=O)OC(C)(C)C)cc1. The molecule has 1 fully saturated rings. The summed E-state index contributed by atoms with van der Waals surface area (Å²) in [5.74, 6) is -0.479. The Morgan fingerprint density at radius 2 is 1.33 bits per heavy atom. The molecule has 0 radical (unpaired) electrons. The summed E-state index contributed by atoms with van der Waals surface area (Å²) in [6, 6.07) is 20.5. The van der Waals surface area contributed by atoms with E-state index in [9.17, 15) is 19.2 Å². The molecular weight excluding hydrogens is 699 g/mol.